The number of carbonyl (C=O) groups is 1. The Balaban J connectivity index is 1.94. The second-order valence-corrected chi connectivity index (χ2v) is 6.47. The molecule has 0 aromatic heterocycles. The van der Waals surface area contributed by atoms with Crippen LogP contribution in [0.25, 0.3) is 0 Å². The van der Waals surface area contributed by atoms with Crippen molar-refractivity contribution in [3.63, 3.8) is 0 Å². The summed E-state index contributed by atoms with van der Waals surface area (Å²) < 4.78 is 0. The Morgan fingerprint density at radius 3 is 2.73 bits per heavy atom. The van der Waals surface area contributed by atoms with Crippen molar-refractivity contribution in [2.24, 2.45) is 5.92 Å². The number of nitrogens with zero attached hydrogens (tertiary/aromatic N) is 1. The zero-order chi connectivity index (χ0) is 15.9. The van der Waals surface area contributed by atoms with Crippen LogP contribution < -0.4 is 5.32 Å². The van der Waals surface area contributed by atoms with Gasteiger partial charge in [0.2, 0.25) is 0 Å². The molecule has 2 N–H and O–H groups in total. The van der Waals surface area contributed by atoms with Gasteiger partial charge in [0.1, 0.15) is 0 Å². The Kier molecular flexibility index (Phi) is 6.40. The van der Waals surface area contributed by atoms with Crippen LogP contribution in [0.1, 0.15) is 38.7 Å². The van der Waals surface area contributed by atoms with E-state index in [1.165, 1.54) is 5.56 Å². The molecule has 0 radical (unpaired) electrons. The van der Waals surface area contributed by atoms with Crippen LogP contribution in [-0.2, 0) is 11.3 Å². The Labute approximate surface area is 133 Å². The second kappa shape index (κ2) is 8.30. The quantitative estimate of drug-likeness (QED) is 0.813. The molecule has 0 saturated carbocycles. The number of hydrogen-bond acceptors (Lipinski definition) is 3. The monoisotopic (exact) mass is 304 g/mol. The van der Waals surface area contributed by atoms with Crippen LogP contribution in [-0.4, -0.2) is 41.1 Å². The smallest absolute Gasteiger partial charge is 0.303 e. The predicted molar refractivity (Wildman–Crippen MR) is 88.8 cm³/mol. The molecule has 1 aromatic carbocycles. The largest absolute Gasteiger partial charge is 0.481 e. The predicted octanol–water partition coefficient (Wildman–Crippen LogP) is 2.74. The highest BCUT2D eigenvalue weighted by atomic mass is 16.4. The number of nitrogens with one attached hydrogen (secondary N) is 1. The first-order valence-electron chi connectivity index (χ1n) is 8.31. The van der Waals surface area contributed by atoms with Crippen LogP contribution in [0.2, 0.25) is 0 Å². The van der Waals surface area contributed by atoms with E-state index in [2.05, 4.69) is 48.3 Å². The summed E-state index contributed by atoms with van der Waals surface area (Å²) in [5.74, 6) is -0.439. The van der Waals surface area contributed by atoms with E-state index >= 15 is 0 Å². The van der Waals surface area contributed by atoms with Crippen LogP contribution in [0, 0.1) is 5.92 Å². The van der Waals surface area contributed by atoms with E-state index in [-0.39, 0.29) is 12.3 Å². The third-order valence-corrected chi connectivity index (χ3v) is 4.68. The van der Waals surface area contributed by atoms with Crippen LogP contribution in [0.15, 0.2) is 30.3 Å². The van der Waals surface area contributed by atoms with Gasteiger partial charge in [0.25, 0.3) is 0 Å². The molecule has 122 valence electrons. The molecule has 1 aromatic rings. The molecule has 1 fully saturated rings. The van der Waals surface area contributed by atoms with Crippen molar-refractivity contribution in [1.29, 1.82) is 0 Å². The van der Waals surface area contributed by atoms with E-state index in [9.17, 15) is 4.79 Å². The van der Waals surface area contributed by atoms with Crippen molar-refractivity contribution in [2.45, 2.75) is 51.7 Å². The highest BCUT2D eigenvalue weighted by molar-refractivity contribution is 5.67. The maximum atomic E-state index is 11.1. The lowest BCUT2D eigenvalue weighted by atomic mass is 9.90. The first-order valence-corrected chi connectivity index (χ1v) is 8.31. The molecular formula is C18H28N2O2. The van der Waals surface area contributed by atoms with Gasteiger partial charge in [0.05, 0.1) is 0 Å². The van der Waals surface area contributed by atoms with Gasteiger partial charge < -0.3 is 10.4 Å². The summed E-state index contributed by atoms with van der Waals surface area (Å²) in [4.78, 5) is 13.5. The summed E-state index contributed by atoms with van der Waals surface area (Å²) in [6.45, 7) is 7.19. The van der Waals surface area contributed by atoms with Gasteiger partial charge in [-0.15, -0.1) is 0 Å². The molecule has 22 heavy (non-hydrogen) atoms. The lowest BCUT2D eigenvalue weighted by molar-refractivity contribution is -0.138. The summed E-state index contributed by atoms with van der Waals surface area (Å²) in [5.41, 5.74) is 1.28. The fourth-order valence-electron chi connectivity index (χ4n) is 3.26. The summed E-state index contributed by atoms with van der Waals surface area (Å²) in [6.07, 6.45) is 2.33. The Hall–Kier alpha value is -1.39. The van der Waals surface area contributed by atoms with Crippen molar-refractivity contribution in [3.05, 3.63) is 35.9 Å². The molecule has 1 heterocycles. The maximum Gasteiger partial charge on any atom is 0.303 e. The van der Waals surface area contributed by atoms with Gasteiger partial charge in [-0.2, -0.15) is 0 Å². The summed E-state index contributed by atoms with van der Waals surface area (Å²) >= 11 is 0. The van der Waals surface area contributed by atoms with Crippen LogP contribution in [0.4, 0.5) is 0 Å². The van der Waals surface area contributed by atoms with E-state index in [0.29, 0.717) is 12.1 Å². The number of likely N-dealkylation sites (tertiary alicyclic amines) is 1. The lowest BCUT2D eigenvalue weighted by Gasteiger charge is -2.41. The molecule has 0 amide bonds. The number of benzene rings is 1. The van der Waals surface area contributed by atoms with Crippen molar-refractivity contribution < 1.29 is 9.90 Å². The highest BCUT2D eigenvalue weighted by Crippen LogP contribution is 2.23. The number of carboxylic acid groups (broad SMARTS) is 1. The third-order valence-electron chi connectivity index (χ3n) is 4.68. The fraction of sp³-hybridized carbons (Fsp3) is 0.611. The van der Waals surface area contributed by atoms with Crippen molar-refractivity contribution >= 4 is 5.97 Å². The molecule has 1 saturated heterocycles. The normalized spacial score (nSPS) is 24.1. The average Bonchev–Trinajstić information content (AvgIpc) is 2.52. The minimum Gasteiger partial charge on any atom is -0.481 e. The number of hydrogen-bond donors (Lipinski definition) is 2. The molecular weight excluding hydrogens is 276 g/mol. The van der Waals surface area contributed by atoms with Gasteiger partial charge in [-0.3, -0.25) is 9.69 Å². The van der Waals surface area contributed by atoms with Gasteiger partial charge in [-0.1, -0.05) is 37.3 Å². The Morgan fingerprint density at radius 1 is 1.36 bits per heavy atom. The molecule has 2 rings (SSSR count). The number of piperidine rings is 1. The number of aliphatic carboxylic acids is 1. The first-order chi connectivity index (χ1) is 10.6. The first kappa shape index (κ1) is 17.0. The molecule has 3 unspecified atom stereocenters. The summed E-state index contributed by atoms with van der Waals surface area (Å²) in [6, 6.07) is 11.3. The van der Waals surface area contributed by atoms with E-state index in [1.54, 1.807) is 0 Å². The zero-order valence-corrected chi connectivity index (χ0v) is 13.7. The van der Waals surface area contributed by atoms with Gasteiger partial charge >= 0.3 is 5.97 Å². The molecule has 1 aliphatic heterocycles. The third kappa shape index (κ3) is 5.11. The van der Waals surface area contributed by atoms with Gasteiger partial charge in [-0.05, 0) is 31.2 Å². The van der Waals surface area contributed by atoms with Crippen LogP contribution in [0.3, 0.4) is 0 Å². The van der Waals surface area contributed by atoms with Crippen molar-refractivity contribution in [2.75, 3.05) is 13.1 Å². The topological polar surface area (TPSA) is 52.6 Å². The molecule has 0 bridgehead atoms. The SMILES string of the molecule is CCC(C)N1CC(CC(=O)O)CC(NCc2ccccc2)C1. The van der Waals surface area contributed by atoms with Crippen molar-refractivity contribution in [1.82, 2.24) is 10.2 Å². The molecule has 4 nitrogen and oxygen atoms in total. The summed E-state index contributed by atoms with van der Waals surface area (Å²) in [7, 11) is 0. The van der Waals surface area contributed by atoms with E-state index in [0.717, 1.165) is 32.5 Å². The molecule has 3 atom stereocenters. The second-order valence-electron chi connectivity index (χ2n) is 6.47. The fourth-order valence-corrected chi connectivity index (χ4v) is 3.26. The standard InChI is InChI=1S/C18H28N2O2/c1-3-14(2)20-12-16(10-18(21)22)9-17(13-20)19-11-15-7-5-4-6-8-15/h4-8,14,16-17,19H,3,9-13H2,1-2H3,(H,21,22). The van der Waals surface area contributed by atoms with Crippen LogP contribution in [0.5, 0.6) is 0 Å². The number of carboxylic acids is 1. The van der Waals surface area contributed by atoms with Crippen molar-refractivity contribution in [3.8, 4) is 0 Å². The number of rotatable bonds is 7. The van der Waals surface area contributed by atoms with Gasteiger partial charge in [0, 0.05) is 38.1 Å². The molecule has 0 spiro atoms. The summed E-state index contributed by atoms with van der Waals surface area (Å²) in [5, 5.41) is 12.7. The molecule has 4 heteroatoms. The lowest BCUT2D eigenvalue weighted by Crippen LogP contribution is -2.52. The van der Waals surface area contributed by atoms with E-state index in [4.69, 9.17) is 5.11 Å². The zero-order valence-electron chi connectivity index (χ0n) is 13.7. The Morgan fingerprint density at radius 2 is 2.09 bits per heavy atom. The maximum absolute atomic E-state index is 11.1. The van der Waals surface area contributed by atoms with E-state index < -0.39 is 5.97 Å². The highest BCUT2D eigenvalue weighted by Gasteiger charge is 2.30. The molecule has 1 aliphatic rings. The van der Waals surface area contributed by atoms with E-state index in [1.807, 2.05) is 6.07 Å². The van der Waals surface area contributed by atoms with Gasteiger partial charge in [-0.25, -0.2) is 0 Å². The Bertz CT molecular complexity index is 463. The van der Waals surface area contributed by atoms with Gasteiger partial charge in [0.15, 0.2) is 0 Å². The minimum absolute atomic E-state index is 0.244. The molecule has 0 aliphatic carbocycles. The average molecular weight is 304 g/mol. The minimum atomic E-state index is -0.683. The van der Waals surface area contributed by atoms with Crippen LogP contribution >= 0.6 is 0 Å².